The number of imidazole rings is 1. The van der Waals surface area contributed by atoms with E-state index in [0.717, 1.165) is 28.8 Å². The molecule has 134 valence electrons. The number of nitrogens with one attached hydrogen (secondary N) is 1. The number of aromatic nitrogens is 3. The average molecular weight is 356 g/mol. The number of fused-ring (bicyclic) bond motifs is 1. The average Bonchev–Trinajstić information content (AvgIpc) is 3.10. The van der Waals surface area contributed by atoms with E-state index in [-0.39, 0.29) is 5.91 Å². The van der Waals surface area contributed by atoms with Gasteiger partial charge in [-0.1, -0.05) is 36.4 Å². The molecule has 4 aromatic rings. The molecule has 1 N–H and O–H groups in total. The smallest absolute Gasteiger partial charge is 0.253 e. The quantitative estimate of drug-likeness (QED) is 0.593. The lowest BCUT2D eigenvalue weighted by atomic mass is 10.1. The zero-order valence-electron chi connectivity index (χ0n) is 15.1. The van der Waals surface area contributed by atoms with E-state index in [1.54, 1.807) is 12.3 Å². The van der Waals surface area contributed by atoms with Crippen molar-refractivity contribution in [3.63, 3.8) is 0 Å². The molecule has 0 atom stereocenters. The maximum atomic E-state index is 12.3. The Morgan fingerprint density at radius 3 is 2.70 bits per heavy atom. The van der Waals surface area contributed by atoms with Crippen molar-refractivity contribution in [2.24, 2.45) is 0 Å². The van der Waals surface area contributed by atoms with Crippen LogP contribution in [0.4, 0.5) is 0 Å². The number of pyridine rings is 1. The number of carbonyl (C=O) groups is 1. The van der Waals surface area contributed by atoms with Crippen LogP contribution in [0.2, 0.25) is 0 Å². The fourth-order valence-corrected chi connectivity index (χ4v) is 3.06. The third kappa shape index (κ3) is 3.87. The maximum Gasteiger partial charge on any atom is 0.253 e. The molecule has 0 spiro atoms. The van der Waals surface area contributed by atoms with E-state index in [9.17, 15) is 4.79 Å². The molecule has 27 heavy (non-hydrogen) atoms. The summed E-state index contributed by atoms with van der Waals surface area (Å²) in [6, 6.07) is 20.0. The van der Waals surface area contributed by atoms with Gasteiger partial charge in [-0.3, -0.25) is 9.78 Å². The number of amides is 1. The minimum absolute atomic E-state index is 0.117. The van der Waals surface area contributed by atoms with E-state index in [4.69, 9.17) is 0 Å². The zero-order valence-corrected chi connectivity index (χ0v) is 15.1. The highest BCUT2D eigenvalue weighted by molar-refractivity contribution is 5.93. The summed E-state index contributed by atoms with van der Waals surface area (Å²) >= 11 is 0. The molecule has 0 saturated carbocycles. The molecular weight excluding hydrogens is 336 g/mol. The number of hydrogen-bond acceptors (Lipinski definition) is 3. The Balaban J connectivity index is 1.44. The predicted octanol–water partition coefficient (Wildman–Crippen LogP) is 3.72. The second kappa shape index (κ2) is 7.41. The van der Waals surface area contributed by atoms with Gasteiger partial charge in [-0.15, -0.1) is 0 Å². The summed E-state index contributed by atoms with van der Waals surface area (Å²) in [6.45, 7) is 3.12. The molecule has 4 rings (SSSR count). The molecule has 2 aromatic carbocycles. The van der Waals surface area contributed by atoms with Crippen LogP contribution in [-0.4, -0.2) is 20.4 Å². The number of benzene rings is 2. The number of nitrogens with zero attached hydrogens (tertiary/aromatic N) is 3. The van der Waals surface area contributed by atoms with Gasteiger partial charge in [0.15, 0.2) is 0 Å². The van der Waals surface area contributed by atoms with Crippen molar-refractivity contribution in [2.45, 2.75) is 20.0 Å². The largest absolute Gasteiger partial charge is 0.348 e. The second-order valence-electron chi connectivity index (χ2n) is 6.55. The first-order valence-electron chi connectivity index (χ1n) is 8.87. The Labute approximate surface area is 157 Å². The number of rotatable bonds is 5. The van der Waals surface area contributed by atoms with Gasteiger partial charge in [0.05, 0.1) is 22.9 Å². The van der Waals surface area contributed by atoms with Crippen LogP contribution in [0, 0.1) is 6.92 Å². The van der Waals surface area contributed by atoms with Gasteiger partial charge in [0, 0.05) is 25.0 Å². The zero-order chi connectivity index (χ0) is 18.6. The van der Waals surface area contributed by atoms with Gasteiger partial charge in [0.25, 0.3) is 5.91 Å². The second-order valence-corrected chi connectivity index (χ2v) is 6.55. The van der Waals surface area contributed by atoms with Crippen LogP contribution in [0.1, 0.15) is 27.2 Å². The van der Waals surface area contributed by atoms with E-state index >= 15 is 0 Å². The monoisotopic (exact) mass is 356 g/mol. The van der Waals surface area contributed by atoms with Gasteiger partial charge >= 0.3 is 0 Å². The van der Waals surface area contributed by atoms with Crippen molar-refractivity contribution in [1.82, 2.24) is 19.9 Å². The summed E-state index contributed by atoms with van der Waals surface area (Å²) in [4.78, 5) is 20.9. The first-order chi connectivity index (χ1) is 13.2. The van der Waals surface area contributed by atoms with Crippen molar-refractivity contribution in [1.29, 1.82) is 0 Å². The Morgan fingerprint density at radius 2 is 1.85 bits per heavy atom. The summed E-state index contributed by atoms with van der Waals surface area (Å²) < 4.78 is 2.13. The minimum atomic E-state index is -0.117. The molecule has 0 radical (unpaired) electrons. The SMILES string of the molecule is Cc1ccc(C(=O)NCc2cccc(Cn3cnc4ccccc43)c2)cn1. The standard InChI is InChI=1S/C22H20N4O/c1-16-9-10-19(13-23-16)22(27)24-12-17-5-4-6-18(11-17)14-26-15-25-20-7-2-3-8-21(20)26/h2-11,13,15H,12,14H2,1H3,(H,24,27). The van der Waals surface area contributed by atoms with Crippen molar-refractivity contribution in [3.8, 4) is 0 Å². The summed E-state index contributed by atoms with van der Waals surface area (Å²) in [7, 11) is 0. The van der Waals surface area contributed by atoms with E-state index in [1.807, 2.05) is 49.6 Å². The fraction of sp³-hybridized carbons (Fsp3) is 0.136. The first-order valence-corrected chi connectivity index (χ1v) is 8.87. The normalized spacial score (nSPS) is 10.9. The lowest BCUT2D eigenvalue weighted by molar-refractivity contribution is 0.0950. The molecule has 0 aliphatic carbocycles. The van der Waals surface area contributed by atoms with Gasteiger partial charge in [-0.2, -0.15) is 0 Å². The Morgan fingerprint density at radius 1 is 1.00 bits per heavy atom. The van der Waals surface area contributed by atoms with Crippen molar-refractivity contribution >= 4 is 16.9 Å². The van der Waals surface area contributed by atoms with Crippen LogP contribution < -0.4 is 5.32 Å². The first kappa shape index (κ1) is 17.0. The molecule has 0 aliphatic heterocycles. The van der Waals surface area contributed by atoms with Gasteiger partial charge < -0.3 is 9.88 Å². The highest BCUT2D eigenvalue weighted by atomic mass is 16.1. The third-order valence-corrected chi connectivity index (χ3v) is 4.50. The van der Waals surface area contributed by atoms with Gasteiger partial charge in [0.2, 0.25) is 0 Å². The molecule has 1 amide bonds. The molecule has 0 fully saturated rings. The molecule has 5 heteroatoms. The molecule has 5 nitrogen and oxygen atoms in total. The number of carbonyl (C=O) groups excluding carboxylic acids is 1. The molecule has 2 heterocycles. The van der Waals surface area contributed by atoms with Crippen molar-refractivity contribution in [3.05, 3.63) is 95.6 Å². The topological polar surface area (TPSA) is 59.8 Å². The van der Waals surface area contributed by atoms with E-state index in [1.165, 1.54) is 5.56 Å². The number of aryl methyl sites for hydroxylation is 1. The molecule has 0 aliphatic rings. The number of hydrogen-bond donors (Lipinski definition) is 1. The molecule has 0 bridgehead atoms. The van der Waals surface area contributed by atoms with Gasteiger partial charge in [-0.25, -0.2) is 4.98 Å². The van der Waals surface area contributed by atoms with Gasteiger partial charge in [0.1, 0.15) is 0 Å². The van der Waals surface area contributed by atoms with E-state index in [2.05, 4.69) is 38.1 Å². The van der Waals surface area contributed by atoms with Crippen molar-refractivity contribution in [2.75, 3.05) is 0 Å². The van der Waals surface area contributed by atoms with E-state index in [0.29, 0.717) is 12.1 Å². The fourth-order valence-electron chi connectivity index (χ4n) is 3.06. The summed E-state index contributed by atoms with van der Waals surface area (Å²) in [6.07, 6.45) is 3.47. The highest BCUT2D eigenvalue weighted by Gasteiger charge is 2.07. The molecule has 2 aromatic heterocycles. The Kier molecular flexibility index (Phi) is 4.66. The molecular formula is C22H20N4O. The summed E-state index contributed by atoms with van der Waals surface area (Å²) in [5, 5.41) is 2.95. The predicted molar refractivity (Wildman–Crippen MR) is 105 cm³/mol. The lowest BCUT2D eigenvalue weighted by Crippen LogP contribution is -2.23. The Hall–Kier alpha value is -3.47. The lowest BCUT2D eigenvalue weighted by Gasteiger charge is -2.09. The molecule has 0 saturated heterocycles. The summed E-state index contributed by atoms with van der Waals surface area (Å²) in [5.41, 5.74) is 5.80. The van der Waals surface area contributed by atoms with Crippen molar-refractivity contribution < 1.29 is 4.79 Å². The van der Waals surface area contributed by atoms with Crippen LogP contribution in [0.3, 0.4) is 0 Å². The van der Waals surface area contributed by atoms with Gasteiger partial charge in [-0.05, 0) is 42.3 Å². The van der Waals surface area contributed by atoms with Crippen LogP contribution >= 0.6 is 0 Å². The summed E-state index contributed by atoms with van der Waals surface area (Å²) in [5.74, 6) is -0.117. The van der Waals surface area contributed by atoms with Crippen LogP contribution in [0.5, 0.6) is 0 Å². The molecule has 0 unspecified atom stereocenters. The van der Waals surface area contributed by atoms with Crippen LogP contribution in [-0.2, 0) is 13.1 Å². The highest BCUT2D eigenvalue weighted by Crippen LogP contribution is 2.15. The number of para-hydroxylation sites is 2. The van der Waals surface area contributed by atoms with Crippen LogP contribution in [0.15, 0.2) is 73.2 Å². The van der Waals surface area contributed by atoms with Crippen LogP contribution in [0.25, 0.3) is 11.0 Å². The minimum Gasteiger partial charge on any atom is -0.348 e. The Bertz CT molecular complexity index is 1080. The van der Waals surface area contributed by atoms with E-state index < -0.39 is 0 Å². The third-order valence-electron chi connectivity index (χ3n) is 4.50. The maximum absolute atomic E-state index is 12.3.